The highest BCUT2D eigenvalue weighted by atomic mass is 16.5. The number of nitrogens with one attached hydrogen (secondary N) is 1. The molecule has 3 unspecified atom stereocenters. The average Bonchev–Trinajstić information content (AvgIpc) is 2.43. The van der Waals surface area contributed by atoms with Gasteiger partial charge in [0.15, 0.2) is 0 Å². The molecule has 0 aliphatic carbocycles. The molecule has 0 radical (unpaired) electrons. The van der Waals surface area contributed by atoms with E-state index in [1.165, 1.54) is 0 Å². The molecule has 4 nitrogen and oxygen atoms in total. The van der Waals surface area contributed by atoms with Gasteiger partial charge in [-0.3, -0.25) is 10.1 Å². The van der Waals surface area contributed by atoms with Crippen LogP contribution in [-0.2, 0) is 9.53 Å². The number of ether oxygens (including phenoxy) is 1. The quantitative estimate of drug-likeness (QED) is 0.660. The van der Waals surface area contributed by atoms with E-state index in [4.69, 9.17) is 4.74 Å². The van der Waals surface area contributed by atoms with E-state index in [0.29, 0.717) is 6.61 Å². The lowest BCUT2D eigenvalue weighted by Gasteiger charge is -2.33. The smallest absolute Gasteiger partial charge is 0.241 e. The van der Waals surface area contributed by atoms with Crippen molar-refractivity contribution in [2.75, 3.05) is 13.2 Å². The fourth-order valence-corrected chi connectivity index (χ4v) is 2.37. The number of carbonyl (C=O) groups excluding carboxylic acids is 1. The zero-order valence-corrected chi connectivity index (χ0v) is 8.82. The van der Waals surface area contributed by atoms with Gasteiger partial charge < -0.3 is 9.64 Å². The summed E-state index contributed by atoms with van der Waals surface area (Å²) in [6.07, 6.45) is 2.30. The Morgan fingerprint density at radius 1 is 1.50 bits per heavy atom. The molecule has 2 saturated heterocycles. The Balaban J connectivity index is 2.04. The number of nitrogens with zero attached hydrogens (tertiary/aromatic N) is 1. The first-order chi connectivity index (χ1) is 6.70. The molecule has 0 bridgehead atoms. The van der Waals surface area contributed by atoms with Crippen molar-refractivity contribution in [3.63, 3.8) is 0 Å². The Kier molecular flexibility index (Phi) is 2.74. The predicted molar refractivity (Wildman–Crippen MR) is 52.7 cm³/mol. The van der Waals surface area contributed by atoms with Gasteiger partial charge in [-0.15, -0.1) is 0 Å². The zero-order chi connectivity index (χ0) is 10.1. The van der Waals surface area contributed by atoms with E-state index in [1.54, 1.807) is 0 Å². The molecule has 2 aliphatic rings. The molecule has 4 heteroatoms. The molecule has 0 aromatic heterocycles. The van der Waals surface area contributed by atoms with Crippen LogP contribution in [0.3, 0.4) is 0 Å². The molecular weight excluding hydrogens is 180 g/mol. The van der Waals surface area contributed by atoms with Gasteiger partial charge in [-0.25, -0.2) is 0 Å². The lowest BCUT2D eigenvalue weighted by Crippen LogP contribution is -2.47. The minimum Gasteiger partial charge on any atom is -0.379 e. The highest BCUT2D eigenvalue weighted by Crippen LogP contribution is 2.20. The molecule has 1 N–H and O–H groups in total. The summed E-state index contributed by atoms with van der Waals surface area (Å²) in [7, 11) is 0. The van der Waals surface area contributed by atoms with Crippen molar-refractivity contribution >= 4 is 5.91 Å². The van der Waals surface area contributed by atoms with Crippen molar-refractivity contribution in [2.45, 2.75) is 44.9 Å². The van der Waals surface area contributed by atoms with Crippen LogP contribution in [0.25, 0.3) is 0 Å². The standard InChI is InChI=1S/C10H18N2O2/c1-7-10(13)12(8(2)11-7)9-4-3-5-14-6-9/h7-9,11H,3-6H2,1-2H3. The summed E-state index contributed by atoms with van der Waals surface area (Å²) in [5.41, 5.74) is 0. The van der Waals surface area contributed by atoms with Crippen molar-refractivity contribution in [1.29, 1.82) is 0 Å². The third-order valence-corrected chi connectivity index (χ3v) is 3.06. The second kappa shape index (κ2) is 3.87. The van der Waals surface area contributed by atoms with Gasteiger partial charge in [0, 0.05) is 6.61 Å². The largest absolute Gasteiger partial charge is 0.379 e. The summed E-state index contributed by atoms with van der Waals surface area (Å²) in [5.74, 6) is 0.216. The molecule has 2 rings (SSSR count). The maximum Gasteiger partial charge on any atom is 0.241 e. The summed E-state index contributed by atoms with van der Waals surface area (Å²) in [4.78, 5) is 13.8. The van der Waals surface area contributed by atoms with Crippen LogP contribution in [0.2, 0.25) is 0 Å². The van der Waals surface area contributed by atoms with Crippen molar-refractivity contribution in [1.82, 2.24) is 10.2 Å². The summed E-state index contributed by atoms with van der Waals surface area (Å²) >= 11 is 0. The Morgan fingerprint density at radius 3 is 2.79 bits per heavy atom. The van der Waals surface area contributed by atoms with Crippen LogP contribution in [0.5, 0.6) is 0 Å². The fraction of sp³-hybridized carbons (Fsp3) is 0.900. The van der Waals surface area contributed by atoms with Crippen molar-refractivity contribution < 1.29 is 9.53 Å². The SMILES string of the molecule is CC1NC(C)N(C2CCCOC2)C1=O. The number of rotatable bonds is 1. The van der Waals surface area contributed by atoms with Gasteiger partial charge >= 0.3 is 0 Å². The number of carbonyl (C=O) groups is 1. The van der Waals surface area contributed by atoms with Crippen LogP contribution < -0.4 is 5.32 Å². The predicted octanol–water partition coefficient (Wildman–Crippen LogP) is 0.332. The van der Waals surface area contributed by atoms with Gasteiger partial charge in [0.2, 0.25) is 5.91 Å². The molecule has 0 aromatic rings. The van der Waals surface area contributed by atoms with Gasteiger partial charge in [-0.1, -0.05) is 0 Å². The summed E-state index contributed by atoms with van der Waals surface area (Å²) in [5, 5.41) is 3.23. The topological polar surface area (TPSA) is 41.6 Å². The normalized spacial score (nSPS) is 39.1. The van der Waals surface area contributed by atoms with Crippen LogP contribution >= 0.6 is 0 Å². The van der Waals surface area contributed by atoms with Crippen molar-refractivity contribution in [3.8, 4) is 0 Å². The van der Waals surface area contributed by atoms with Crippen LogP contribution in [0.1, 0.15) is 26.7 Å². The molecule has 80 valence electrons. The Morgan fingerprint density at radius 2 is 2.29 bits per heavy atom. The number of hydrogen-bond acceptors (Lipinski definition) is 3. The molecule has 2 heterocycles. The van der Waals surface area contributed by atoms with E-state index in [9.17, 15) is 4.79 Å². The van der Waals surface area contributed by atoms with Crippen LogP contribution in [0, 0.1) is 0 Å². The lowest BCUT2D eigenvalue weighted by atomic mass is 10.1. The maximum absolute atomic E-state index is 11.8. The molecule has 2 aliphatic heterocycles. The Bertz CT molecular complexity index is 226. The summed E-state index contributed by atoms with van der Waals surface area (Å²) in [6.45, 7) is 5.50. The second-order valence-corrected chi connectivity index (χ2v) is 4.18. The molecule has 1 amide bonds. The van der Waals surface area contributed by atoms with Gasteiger partial charge in [0.25, 0.3) is 0 Å². The van der Waals surface area contributed by atoms with Crippen molar-refractivity contribution in [2.24, 2.45) is 0 Å². The van der Waals surface area contributed by atoms with Crippen LogP contribution in [-0.4, -0.2) is 42.3 Å². The highest BCUT2D eigenvalue weighted by molar-refractivity contribution is 5.84. The molecule has 2 fully saturated rings. The zero-order valence-electron chi connectivity index (χ0n) is 8.82. The van der Waals surface area contributed by atoms with Crippen LogP contribution in [0.4, 0.5) is 0 Å². The molecule has 0 spiro atoms. The Hall–Kier alpha value is -0.610. The first kappa shape index (κ1) is 9.93. The van der Waals surface area contributed by atoms with E-state index < -0.39 is 0 Å². The first-order valence-electron chi connectivity index (χ1n) is 5.36. The highest BCUT2D eigenvalue weighted by Gasteiger charge is 2.38. The van der Waals surface area contributed by atoms with Crippen molar-refractivity contribution in [3.05, 3.63) is 0 Å². The fourth-order valence-electron chi connectivity index (χ4n) is 2.37. The number of hydrogen-bond donors (Lipinski definition) is 1. The molecule has 3 atom stereocenters. The third kappa shape index (κ3) is 1.64. The minimum atomic E-state index is -0.0353. The maximum atomic E-state index is 11.8. The first-order valence-corrected chi connectivity index (χ1v) is 5.36. The monoisotopic (exact) mass is 198 g/mol. The van der Waals surface area contributed by atoms with E-state index in [0.717, 1.165) is 19.4 Å². The molecule has 0 aromatic carbocycles. The van der Waals surface area contributed by atoms with E-state index >= 15 is 0 Å². The molecule has 14 heavy (non-hydrogen) atoms. The van der Waals surface area contributed by atoms with Gasteiger partial charge in [-0.2, -0.15) is 0 Å². The summed E-state index contributed by atoms with van der Waals surface area (Å²) in [6, 6.07) is 0.246. The Labute approximate surface area is 84.6 Å². The number of amides is 1. The summed E-state index contributed by atoms with van der Waals surface area (Å²) < 4.78 is 5.40. The van der Waals surface area contributed by atoms with Gasteiger partial charge in [0.05, 0.1) is 24.9 Å². The van der Waals surface area contributed by atoms with E-state index in [-0.39, 0.29) is 24.2 Å². The van der Waals surface area contributed by atoms with Crippen LogP contribution in [0.15, 0.2) is 0 Å². The third-order valence-electron chi connectivity index (χ3n) is 3.06. The molecular formula is C10H18N2O2. The lowest BCUT2D eigenvalue weighted by molar-refractivity contribution is -0.134. The average molecular weight is 198 g/mol. The minimum absolute atomic E-state index is 0.0353. The molecule has 0 saturated carbocycles. The second-order valence-electron chi connectivity index (χ2n) is 4.18. The van der Waals surface area contributed by atoms with Gasteiger partial charge in [-0.05, 0) is 26.7 Å². The van der Waals surface area contributed by atoms with E-state index in [2.05, 4.69) is 5.32 Å². The van der Waals surface area contributed by atoms with Gasteiger partial charge in [0.1, 0.15) is 0 Å². The van der Waals surface area contributed by atoms with E-state index in [1.807, 2.05) is 18.7 Å².